The second-order valence-corrected chi connectivity index (χ2v) is 10.7. The smallest absolute Gasteiger partial charge is 0.242 e. The van der Waals surface area contributed by atoms with Gasteiger partial charge in [0.25, 0.3) is 0 Å². The number of benzene rings is 2. The Morgan fingerprint density at radius 1 is 1.14 bits per heavy atom. The minimum atomic E-state index is -3.56. The second-order valence-electron chi connectivity index (χ2n) is 8.52. The highest BCUT2D eigenvalue weighted by Gasteiger charge is 2.22. The van der Waals surface area contributed by atoms with Gasteiger partial charge in [0.15, 0.2) is 0 Å². The number of hydrogen-bond acceptors (Lipinski definition) is 5. The van der Waals surface area contributed by atoms with Crippen LogP contribution in [-0.4, -0.2) is 51.8 Å². The maximum absolute atomic E-state index is 13.0. The first-order chi connectivity index (χ1) is 16.7. The lowest BCUT2D eigenvalue weighted by atomic mass is 10.1. The van der Waals surface area contributed by atoms with Crippen molar-refractivity contribution in [3.05, 3.63) is 78.1 Å². The van der Waals surface area contributed by atoms with Gasteiger partial charge in [-0.05, 0) is 30.7 Å². The topological polar surface area (TPSA) is 102 Å². The maximum atomic E-state index is 13.0. The summed E-state index contributed by atoms with van der Waals surface area (Å²) in [4.78, 5) is 22.3. The average molecular weight is 495 g/mol. The molecule has 0 aliphatic heterocycles. The summed E-state index contributed by atoms with van der Waals surface area (Å²) in [5.41, 5.74) is 2.39. The molecule has 1 amide bonds. The highest BCUT2D eigenvalue weighted by atomic mass is 32.2. The Labute approximate surface area is 205 Å². The fourth-order valence-electron chi connectivity index (χ4n) is 4.13. The molecule has 184 valence electrons. The zero-order valence-corrected chi connectivity index (χ0v) is 21.2. The quantitative estimate of drug-likeness (QED) is 0.386. The van der Waals surface area contributed by atoms with E-state index in [1.54, 1.807) is 24.4 Å². The van der Waals surface area contributed by atoms with E-state index in [-0.39, 0.29) is 23.3 Å². The summed E-state index contributed by atoms with van der Waals surface area (Å²) < 4.78 is 30.1. The Bertz CT molecular complexity index is 1440. The molecular formula is C25H30N6O3S. The number of amides is 1. The van der Waals surface area contributed by atoms with Crippen LogP contribution in [-0.2, 0) is 34.8 Å². The van der Waals surface area contributed by atoms with Crippen molar-refractivity contribution in [2.45, 2.75) is 37.2 Å². The lowest BCUT2D eigenvalue weighted by molar-refractivity contribution is -0.121. The number of hydrogen-bond donors (Lipinski definition) is 1. The minimum absolute atomic E-state index is 0.118. The molecule has 0 spiro atoms. The van der Waals surface area contributed by atoms with Crippen molar-refractivity contribution < 1.29 is 13.2 Å². The molecule has 0 saturated carbocycles. The molecule has 10 heteroatoms. The Hall–Kier alpha value is -3.50. The molecule has 2 aromatic heterocycles. The van der Waals surface area contributed by atoms with Gasteiger partial charge in [-0.2, -0.15) is 0 Å². The number of nitrogens with one attached hydrogen (secondary N) is 1. The summed E-state index contributed by atoms with van der Waals surface area (Å²) in [5, 5.41) is 3.12. The van der Waals surface area contributed by atoms with Crippen molar-refractivity contribution in [1.82, 2.24) is 28.7 Å². The van der Waals surface area contributed by atoms with Crippen LogP contribution in [0.5, 0.6) is 0 Å². The van der Waals surface area contributed by atoms with E-state index in [1.165, 1.54) is 18.4 Å². The molecule has 1 N–H and O–H groups in total. The van der Waals surface area contributed by atoms with E-state index in [4.69, 9.17) is 0 Å². The van der Waals surface area contributed by atoms with Crippen LogP contribution in [0.3, 0.4) is 0 Å². The van der Waals surface area contributed by atoms with Gasteiger partial charge >= 0.3 is 0 Å². The zero-order chi connectivity index (χ0) is 25.2. The van der Waals surface area contributed by atoms with Crippen LogP contribution in [0.2, 0.25) is 0 Å². The third kappa shape index (κ3) is 4.98. The van der Waals surface area contributed by atoms with Crippen molar-refractivity contribution in [1.29, 1.82) is 0 Å². The Kier molecular flexibility index (Phi) is 7.04. The fourth-order valence-corrected chi connectivity index (χ4v) is 5.05. The molecule has 4 aromatic rings. The highest BCUT2D eigenvalue weighted by Crippen LogP contribution is 2.24. The lowest BCUT2D eigenvalue weighted by Crippen LogP contribution is -2.31. The number of nitrogens with zero attached hydrogens (tertiary/aromatic N) is 5. The second kappa shape index (κ2) is 10.0. The molecule has 9 nitrogen and oxygen atoms in total. The van der Waals surface area contributed by atoms with Crippen LogP contribution in [0, 0.1) is 0 Å². The molecule has 0 fully saturated rings. The van der Waals surface area contributed by atoms with Gasteiger partial charge < -0.3 is 14.5 Å². The molecule has 2 aromatic carbocycles. The van der Waals surface area contributed by atoms with E-state index in [0.29, 0.717) is 18.5 Å². The molecule has 0 aliphatic rings. The molecule has 1 atom stereocenters. The lowest BCUT2D eigenvalue weighted by Gasteiger charge is -2.19. The van der Waals surface area contributed by atoms with Gasteiger partial charge in [-0.15, -0.1) is 0 Å². The van der Waals surface area contributed by atoms with Gasteiger partial charge in [-0.3, -0.25) is 4.79 Å². The first kappa shape index (κ1) is 24.6. The van der Waals surface area contributed by atoms with E-state index in [2.05, 4.69) is 15.3 Å². The van der Waals surface area contributed by atoms with Crippen LogP contribution >= 0.6 is 0 Å². The highest BCUT2D eigenvalue weighted by molar-refractivity contribution is 7.89. The molecule has 4 rings (SSSR count). The van der Waals surface area contributed by atoms with Gasteiger partial charge in [0.05, 0.1) is 15.9 Å². The minimum Gasteiger partial charge on any atom is -0.342 e. The van der Waals surface area contributed by atoms with Crippen LogP contribution < -0.4 is 5.32 Å². The molecule has 35 heavy (non-hydrogen) atoms. The van der Waals surface area contributed by atoms with E-state index in [0.717, 1.165) is 22.7 Å². The predicted octanol–water partition coefficient (Wildman–Crippen LogP) is 2.88. The first-order valence-electron chi connectivity index (χ1n) is 11.5. The fraction of sp³-hybridized carbons (Fsp3) is 0.320. The SMILES string of the molecule is CCn1c(CCC(=O)NC(c2ccccc2)c2nccn2C)nc2cc(S(=O)(=O)N(C)C)ccc21. The summed E-state index contributed by atoms with van der Waals surface area (Å²) >= 11 is 0. The normalized spacial score (nSPS) is 12.8. The van der Waals surface area contributed by atoms with E-state index in [9.17, 15) is 13.2 Å². The van der Waals surface area contributed by atoms with Gasteiger partial charge in [0.2, 0.25) is 15.9 Å². The molecule has 0 saturated heterocycles. The zero-order valence-electron chi connectivity index (χ0n) is 20.3. The average Bonchev–Trinajstić information content (AvgIpc) is 3.43. The van der Waals surface area contributed by atoms with Crippen LogP contribution in [0.25, 0.3) is 11.0 Å². The van der Waals surface area contributed by atoms with Gasteiger partial charge in [-0.1, -0.05) is 30.3 Å². The van der Waals surface area contributed by atoms with E-state index in [1.807, 2.05) is 59.6 Å². The van der Waals surface area contributed by atoms with Crippen LogP contribution in [0.1, 0.15) is 36.6 Å². The Morgan fingerprint density at radius 3 is 2.51 bits per heavy atom. The van der Waals surface area contributed by atoms with Crippen molar-refractivity contribution in [3.63, 3.8) is 0 Å². The molecular weight excluding hydrogens is 464 g/mol. The molecule has 2 heterocycles. The number of fused-ring (bicyclic) bond motifs is 1. The number of carbonyl (C=O) groups excluding carboxylic acids is 1. The largest absolute Gasteiger partial charge is 0.342 e. The molecule has 0 aliphatic carbocycles. The van der Waals surface area contributed by atoms with Crippen molar-refractivity contribution in [2.24, 2.45) is 7.05 Å². The number of sulfonamides is 1. The van der Waals surface area contributed by atoms with Crippen molar-refractivity contribution in [2.75, 3.05) is 14.1 Å². The standard InChI is InChI=1S/C25H30N6O3S/c1-5-31-21-12-11-19(35(33,34)29(2)3)17-20(21)27-22(31)13-14-23(32)28-24(18-9-7-6-8-10-18)25-26-15-16-30(25)4/h6-12,15-17,24H,5,13-14H2,1-4H3,(H,28,32). The van der Waals surface area contributed by atoms with E-state index >= 15 is 0 Å². The van der Waals surface area contributed by atoms with Gasteiger partial charge in [0, 0.05) is 52.9 Å². The third-order valence-corrected chi connectivity index (χ3v) is 7.84. The van der Waals surface area contributed by atoms with Crippen LogP contribution in [0.15, 0.2) is 65.8 Å². The summed E-state index contributed by atoms with van der Waals surface area (Å²) in [6, 6.07) is 14.3. The maximum Gasteiger partial charge on any atom is 0.242 e. The molecule has 0 radical (unpaired) electrons. The monoisotopic (exact) mass is 494 g/mol. The summed E-state index contributed by atoms with van der Waals surface area (Å²) in [7, 11) is 1.35. The summed E-state index contributed by atoms with van der Waals surface area (Å²) in [6.45, 7) is 2.66. The molecule has 1 unspecified atom stereocenters. The number of aryl methyl sites for hydroxylation is 3. The first-order valence-corrected chi connectivity index (χ1v) is 12.9. The van der Waals surface area contributed by atoms with Gasteiger partial charge in [-0.25, -0.2) is 22.7 Å². The number of rotatable bonds is 9. The predicted molar refractivity (Wildman–Crippen MR) is 134 cm³/mol. The number of aromatic nitrogens is 4. The third-order valence-electron chi connectivity index (χ3n) is 6.02. The number of carbonyl (C=O) groups is 1. The van der Waals surface area contributed by atoms with Gasteiger partial charge in [0.1, 0.15) is 17.7 Å². The van der Waals surface area contributed by atoms with Crippen molar-refractivity contribution >= 4 is 27.0 Å². The van der Waals surface area contributed by atoms with E-state index < -0.39 is 10.0 Å². The number of imidazole rings is 2. The molecule has 0 bridgehead atoms. The van der Waals surface area contributed by atoms with Crippen LogP contribution in [0.4, 0.5) is 0 Å². The summed E-state index contributed by atoms with van der Waals surface area (Å²) in [5.74, 6) is 1.37. The van der Waals surface area contributed by atoms with Crippen molar-refractivity contribution in [3.8, 4) is 0 Å². The Morgan fingerprint density at radius 2 is 1.89 bits per heavy atom. The Balaban J connectivity index is 1.55. The summed E-state index contributed by atoms with van der Waals surface area (Å²) in [6.07, 6.45) is 4.23.